The molecule has 2 radical (unpaired) electrons. The Labute approximate surface area is 123 Å². The van der Waals surface area contributed by atoms with Crippen molar-refractivity contribution < 1.29 is 65.4 Å². The minimum Gasteiger partial charge on any atom is -0.0588 e. The van der Waals surface area contributed by atoms with Crippen LogP contribution in [0.5, 0.6) is 0 Å². The van der Waals surface area contributed by atoms with E-state index in [4.69, 9.17) is 0 Å². The van der Waals surface area contributed by atoms with Crippen LogP contribution in [0.4, 0.5) is 0 Å². The van der Waals surface area contributed by atoms with Crippen molar-refractivity contribution in [2.45, 2.75) is 31.8 Å². The van der Waals surface area contributed by atoms with Crippen molar-refractivity contribution in [1.82, 2.24) is 0 Å². The van der Waals surface area contributed by atoms with Gasteiger partial charge in [-0.3, -0.25) is 0 Å². The average Bonchev–Trinajstić information content (AvgIpc) is 2.13. The normalized spacial score (nSPS) is 29.5. The summed E-state index contributed by atoms with van der Waals surface area (Å²) in [4.78, 5) is 0. The summed E-state index contributed by atoms with van der Waals surface area (Å²) in [5, 5.41) is 0. The van der Waals surface area contributed by atoms with Gasteiger partial charge in [0.2, 0.25) is 0 Å². The van der Waals surface area contributed by atoms with E-state index in [2.05, 4.69) is 20.3 Å². The molecule has 1 saturated carbocycles. The van der Waals surface area contributed by atoms with Crippen LogP contribution in [-0.2, 0) is 65.4 Å². The topological polar surface area (TPSA) is 0 Å². The smallest absolute Gasteiger partial charge is 0.0588 e. The summed E-state index contributed by atoms with van der Waals surface area (Å²) in [5.74, 6) is 1.05. The van der Waals surface area contributed by atoms with Crippen LogP contribution in [-0.4, -0.2) is 19.0 Å². The van der Waals surface area contributed by atoms with Crippen molar-refractivity contribution in [1.29, 1.82) is 0 Å². The molecule has 0 aromatic heterocycles. The molecule has 2 atom stereocenters. The Balaban J connectivity index is 0. The average molecular weight is 323 g/mol. The Kier molecular flexibility index (Phi) is 11.7. The molecule has 2 unspecified atom stereocenters. The summed E-state index contributed by atoms with van der Waals surface area (Å²) in [5.41, 5.74) is 1.13. The molecule has 11 heavy (non-hydrogen) atoms. The fourth-order valence-corrected chi connectivity index (χ4v) is 4.09. The van der Waals surface area contributed by atoms with E-state index in [1.54, 1.807) is 0 Å². The fraction of sp³-hybridized carbons (Fsp3) is 1.00. The molecule has 1 rings (SSSR count). The van der Waals surface area contributed by atoms with Crippen molar-refractivity contribution in [2.75, 3.05) is 13.3 Å². The monoisotopic (exact) mass is 323 g/mol. The minimum atomic E-state index is 0. The summed E-state index contributed by atoms with van der Waals surface area (Å²) in [6, 6.07) is 0. The van der Waals surface area contributed by atoms with Gasteiger partial charge < -0.3 is 0 Å². The van der Waals surface area contributed by atoms with Gasteiger partial charge in [-0.15, -0.1) is 0 Å². The molecule has 0 aliphatic heterocycles. The second-order valence-electron chi connectivity index (χ2n) is 3.59. The van der Waals surface area contributed by atoms with Crippen LogP contribution in [0, 0.1) is 5.92 Å². The van der Waals surface area contributed by atoms with E-state index in [9.17, 15) is 0 Å². The van der Waals surface area contributed by atoms with E-state index < -0.39 is 0 Å². The second kappa shape index (κ2) is 7.99. The zero-order chi connectivity index (χ0) is 6.85. The second-order valence-corrected chi connectivity index (χ2v) is 6.49. The van der Waals surface area contributed by atoms with E-state index in [0.29, 0.717) is 0 Å². The summed E-state index contributed by atoms with van der Waals surface area (Å²) in [7, 11) is 0.0391. The molecule has 0 bridgehead atoms. The molecule has 0 N–H and O–H groups in total. The summed E-state index contributed by atoms with van der Waals surface area (Å²) in [6.45, 7) is 7.34. The predicted molar refractivity (Wildman–Crippen MR) is 47.0 cm³/mol. The van der Waals surface area contributed by atoms with Crippen molar-refractivity contribution in [3.63, 3.8) is 0 Å². The summed E-state index contributed by atoms with van der Waals surface area (Å²) < 4.78 is 0. The van der Waals surface area contributed by atoms with Gasteiger partial charge in [0.05, 0.1) is 5.66 Å². The zero-order valence-corrected chi connectivity index (χ0v) is 14.6. The molecule has 1 fully saturated rings. The number of rotatable bonds is 1. The van der Waals surface area contributed by atoms with Crippen LogP contribution in [0.3, 0.4) is 0 Å². The maximum Gasteiger partial charge on any atom is 0.0695 e. The van der Waals surface area contributed by atoms with Gasteiger partial charge in [0.15, 0.2) is 0 Å². The van der Waals surface area contributed by atoms with Crippen molar-refractivity contribution >= 4 is 7.92 Å². The largest absolute Gasteiger partial charge is 0.0695 e. The van der Waals surface area contributed by atoms with Gasteiger partial charge in [-0.05, 0) is 33.1 Å². The minimum absolute atomic E-state index is 0. The first-order chi connectivity index (χ1) is 4.22. The molecular weight excluding hydrogens is 305 g/mol. The van der Waals surface area contributed by atoms with Gasteiger partial charge in [0, 0.05) is 78.7 Å². The molecule has 1 aliphatic rings. The first kappa shape index (κ1) is 16.1. The Morgan fingerprint density at radius 1 is 1.09 bits per heavy atom. The first-order valence-electron chi connectivity index (χ1n) is 4.02. The van der Waals surface area contributed by atoms with Gasteiger partial charge in [-0.25, -0.2) is 0 Å². The van der Waals surface area contributed by atoms with Gasteiger partial charge in [0.1, 0.15) is 0 Å². The van der Waals surface area contributed by atoms with E-state index in [1.807, 2.05) is 0 Å². The molecule has 0 nitrogen and oxygen atoms in total. The van der Waals surface area contributed by atoms with Crippen molar-refractivity contribution in [3.8, 4) is 0 Å². The van der Waals surface area contributed by atoms with Crippen molar-refractivity contribution in [2.24, 2.45) is 5.92 Å². The van der Waals surface area contributed by atoms with Crippen LogP contribution in [0.15, 0.2) is 0 Å². The Morgan fingerprint density at radius 2 is 1.64 bits per heavy atom. The third-order valence-electron chi connectivity index (χ3n) is 2.60. The molecule has 0 spiro atoms. The molecule has 0 aromatic rings. The van der Waals surface area contributed by atoms with E-state index in [-0.39, 0.29) is 73.3 Å². The third-order valence-corrected chi connectivity index (χ3v) is 4.94. The fourth-order valence-electron chi connectivity index (χ4n) is 2.00. The van der Waals surface area contributed by atoms with Crippen LogP contribution in [0.1, 0.15) is 26.2 Å². The van der Waals surface area contributed by atoms with Gasteiger partial charge in [0.25, 0.3) is 0 Å². The van der Waals surface area contributed by atoms with Crippen LogP contribution >= 0.6 is 7.92 Å². The SMILES string of the molecule is CC1CCCC1[PH+](C)C.[Y].[Y]. The Hall–Kier alpha value is 2.64. The maximum atomic E-state index is 2.46. The molecule has 3 heteroatoms. The molecule has 0 heterocycles. The quantitative estimate of drug-likeness (QED) is 0.651. The molecule has 60 valence electrons. The molecule has 0 amide bonds. The van der Waals surface area contributed by atoms with Gasteiger partial charge in [-0.1, -0.05) is 6.92 Å². The maximum absolute atomic E-state index is 2.46. The number of hydrogen-bond donors (Lipinski definition) is 0. The molecule has 0 saturated heterocycles. The zero-order valence-electron chi connectivity index (χ0n) is 7.93. The Bertz CT molecular complexity index is 96.1. The Morgan fingerprint density at radius 3 is 1.82 bits per heavy atom. The molecular formula is C8H18PY2+. The molecule has 0 aromatic carbocycles. The van der Waals surface area contributed by atoms with E-state index in [0.717, 1.165) is 11.6 Å². The van der Waals surface area contributed by atoms with E-state index in [1.165, 1.54) is 19.3 Å². The van der Waals surface area contributed by atoms with Crippen LogP contribution < -0.4 is 0 Å². The van der Waals surface area contributed by atoms with E-state index >= 15 is 0 Å². The molecule has 1 aliphatic carbocycles. The summed E-state index contributed by atoms with van der Waals surface area (Å²) >= 11 is 0. The first-order valence-corrected chi connectivity index (χ1v) is 6.59. The van der Waals surface area contributed by atoms with Gasteiger partial charge in [-0.2, -0.15) is 0 Å². The number of hydrogen-bond acceptors (Lipinski definition) is 0. The van der Waals surface area contributed by atoms with Crippen LogP contribution in [0.25, 0.3) is 0 Å². The summed E-state index contributed by atoms with van der Waals surface area (Å²) in [6.07, 6.45) is 4.53. The van der Waals surface area contributed by atoms with Crippen molar-refractivity contribution in [3.05, 3.63) is 0 Å². The standard InChI is InChI=1S/C8H17P.2Y/c1-7-5-4-6-8(7)9(2)3;;/h7-8H,4-6H2,1-3H3;;/p+1. The van der Waals surface area contributed by atoms with Crippen LogP contribution in [0.2, 0.25) is 0 Å². The van der Waals surface area contributed by atoms with Gasteiger partial charge >= 0.3 is 0 Å². The predicted octanol–water partition coefficient (Wildman–Crippen LogP) is 2.64. The third kappa shape index (κ3) is 5.17.